The van der Waals surface area contributed by atoms with Crippen LogP contribution < -0.4 is 0 Å². The topological polar surface area (TPSA) is 41.6 Å². The van der Waals surface area contributed by atoms with Crippen LogP contribution in [0, 0.1) is 0 Å². The third-order valence-electron chi connectivity index (χ3n) is 2.14. The largest absolute Gasteiger partial charge is 0.263 e. The average molecular weight is 167 g/mol. The van der Waals surface area contributed by atoms with E-state index in [-0.39, 0.29) is 0 Å². The molecule has 0 spiro atoms. The predicted molar refractivity (Wildman–Crippen MR) is 48.9 cm³/mol. The Hall–Kier alpha value is -0.860. The number of aromatic amines is 1. The van der Waals surface area contributed by atoms with E-state index in [9.17, 15) is 0 Å². The predicted octanol–water partition coefficient (Wildman–Crippen LogP) is 2.49. The van der Waals surface area contributed by atoms with Gasteiger partial charge in [0.2, 0.25) is 0 Å². The summed E-state index contributed by atoms with van der Waals surface area (Å²) in [6.45, 7) is 4.41. The smallest absolute Gasteiger partial charge is 0.137 e. The Balaban J connectivity index is 2.25. The molecule has 1 atom stereocenters. The zero-order valence-corrected chi connectivity index (χ0v) is 7.88. The number of rotatable bonds is 5. The number of nitrogens with one attached hydrogen (secondary N) is 1. The molecule has 1 aromatic rings. The third-order valence-corrected chi connectivity index (χ3v) is 2.14. The molecule has 3 heteroatoms. The molecule has 1 rings (SSSR count). The molecule has 0 aliphatic rings. The van der Waals surface area contributed by atoms with Gasteiger partial charge in [-0.25, -0.2) is 4.98 Å². The van der Waals surface area contributed by atoms with E-state index in [0.717, 1.165) is 5.82 Å². The highest BCUT2D eigenvalue weighted by molar-refractivity contribution is 4.89. The van der Waals surface area contributed by atoms with Gasteiger partial charge in [0.15, 0.2) is 0 Å². The summed E-state index contributed by atoms with van der Waals surface area (Å²) in [5.41, 5.74) is 0. The summed E-state index contributed by atoms with van der Waals surface area (Å²) >= 11 is 0. The Bertz CT molecular complexity index is 194. The van der Waals surface area contributed by atoms with Crippen molar-refractivity contribution in [2.24, 2.45) is 0 Å². The molecule has 0 aromatic carbocycles. The highest BCUT2D eigenvalue weighted by atomic mass is 15.2. The number of H-pyrrole nitrogens is 1. The molecule has 1 aromatic heterocycles. The summed E-state index contributed by atoms with van der Waals surface area (Å²) in [6, 6.07) is 0. The van der Waals surface area contributed by atoms with E-state index in [1.165, 1.54) is 25.7 Å². The normalized spacial score (nSPS) is 13.2. The van der Waals surface area contributed by atoms with Crippen LogP contribution in [0.4, 0.5) is 0 Å². The van der Waals surface area contributed by atoms with E-state index in [2.05, 4.69) is 29.0 Å². The second-order valence-corrected chi connectivity index (χ2v) is 3.27. The third kappa shape index (κ3) is 2.64. The molecule has 0 amide bonds. The van der Waals surface area contributed by atoms with Crippen LogP contribution in [0.2, 0.25) is 0 Å². The molecular weight excluding hydrogens is 150 g/mol. The van der Waals surface area contributed by atoms with E-state index in [1.54, 1.807) is 6.33 Å². The molecule has 0 saturated heterocycles. The highest BCUT2D eigenvalue weighted by Gasteiger charge is 2.06. The van der Waals surface area contributed by atoms with E-state index in [4.69, 9.17) is 0 Å². The fourth-order valence-corrected chi connectivity index (χ4v) is 1.29. The molecule has 3 nitrogen and oxygen atoms in total. The van der Waals surface area contributed by atoms with Gasteiger partial charge in [0, 0.05) is 5.92 Å². The van der Waals surface area contributed by atoms with Crippen molar-refractivity contribution in [3.05, 3.63) is 12.2 Å². The molecule has 1 heterocycles. The van der Waals surface area contributed by atoms with Crippen LogP contribution in [0.5, 0.6) is 0 Å². The van der Waals surface area contributed by atoms with Gasteiger partial charge >= 0.3 is 0 Å². The van der Waals surface area contributed by atoms with Crippen molar-refractivity contribution in [2.75, 3.05) is 0 Å². The lowest BCUT2D eigenvalue weighted by Gasteiger charge is -2.05. The maximum atomic E-state index is 4.13. The number of hydrogen-bond donors (Lipinski definition) is 1. The van der Waals surface area contributed by atoms with Crippen molar-refractivity contribution in [3.8, 4) is 0 Å². The summed E-state index contributed by atoms with van der Waals surface area (Å²) < 4.78 is 0. The Morgan fingerprint density at radius 2 is 2.33 bits per heavy atom. The molecule has 1 N–H and O–H groups in total. The fraction of sp³-hybridized carbons (Fsp3) is 0.778. The van der Waals surface area contributed by atoms with Crippen LogP contribution in [0.25, 0.3) is 0 Å². The van der Waals surface area contributed by atoms with Crippen LogP contribution in [-0.4, -0.2) is 15.2 Å². The molecular formula is C9H17N3. The maximum Gasteiger partial charge on any atom is 0.137 e. The molecule has 68 valence electrons. The zero-order chi connectivity index (χ0) is 8.81. The van der Waals surface area contributed by atoms with E-state index in [0.29, 0.717) is 5.92 Å². The van der Waals surface area contributed by atoms with Crippen LogP contribution in [0.3, 0.4) is 0 Å². The fourth-order valence-electron chi connectivity index (χ4n) is 1.29. The van der Waals surface area contributed by atoms with E-state index < -0.39 is 0 Å². The van der Waals surface area contributed by atoms with E-state index >= 15 is 0 Å². The van der Waals surface area contributed by atoms with Gasteiger partial charge in [-0.2, -0.15) is 5.10 Å². The van der Waals surface area contributed by atoms with Crippen molar-refractivity contribution in [1.82, 2.24) is 15.2 Å². The summed E-state index contributed by atoms with van der Waals surface area (Å²) in [7, 11) is 0. The Labute approximate surface area is 73.6 Å². The second-order valence-electron chi connectivity index (χ2n) is 3.27. The SMILES string of the molecule is CCCCCC(C)c1ncn[nH]1. The van der Waals surface area contributed by atoms with Crippen molar-refractivity contribution < 1.29 is 0 Å². The van der Waals surface area contributed by atoms with Crippen LogP contribution in [0.1, 0.15) is 51.3 Å². The van der Waals surface area contributed by atoms with Gasteiger partial charge in [-0.05, 0) is 6.42 Å². The van der Waals surface area contributed by atoms with Crippen molar-refractivity contribution in [2.45, 2.75) is 45.4 Å². The minimum atomic E-state index is 0.527. The number of hydrogen-bond acceptors (Lipinski definition) is 2. The second kappa shape index (κ2) is 4.91. The molecule has 0 aliphatic heterocycles. The van der Waals surface area contributed by atoms with Gasteiger partial charge < -0.3 is 0 Å². The molecule has 0 bridgehead atoms. The lowest BCUT2D eigenvalue weighted by molar-refractivity contribution is 0.577. The van der Waals surface area contributed by atoms with Crippen LogP contribution >= 0.6 is 0 Å². The summed E-state index contributed by atoms with van der Waals surface area (Å²) in [5, 5.41) is 6.74. The van der Waals surface area contributed by atoms with Crippen molar-refractivity contribution in [1.29, 1.82) is 0 Å². The lowest BCUT2D eigenvalue weighted by atomic mass is 10.0. The maximum absolute atomic E-state index is 4.13. The number of nitrogens with zero attached hydrogens (tertiary/aromatic N) is 2. The van der Waals surface area contributed by atoms with Gasteiger partial charge in [0.05, 0.1) is 0 Å². The molecule has 12 heavy (non-hydrogen) atoms. The average Bonchev–Trinajstić information content (AvgIpc) is 2.56. The van der Waals surface area contributed by atoms with Gasteiger partial charge in [-0.3, -0.25) is 5.10 Å². The Morgan fingerprint density at radius 1 is 1.50 bits per heavy atom. The van der Waals surface area contributed by atoms with Crippen LogP contribution in [-0.2, 0) is 0 Å². The molecule has 0 radical (unpaired) electrons. The molecule has 1 unspecified atom stereocenters. The van der Waals surface area contributed by atoms with Gasteiger partial charge in [-0.1, -0.05) is 33.1 Å². The Kier molecular flexibility index (Phi) is 3.77. The van der Waals surface area contributed by atoms with Gasteiger partial charge in [-0.15, -0.1) is 0 Å². The first-order valence-electron chi connectivity index (χ1n) is 4.69. The number of unbranched alkanes of at least 4 members (excludes halogenated alkanes) is 2. The van der Waals surface area contributed by atoms with Gasteiger partial charge in [0.1, 0.15) is 12.2 Å². The lowest BCUT2D eigenvalue weighted by Crippen LogP contribution is -1.96. The van der Waals surface area contributed by atoms with Crippen molar-refractivity contribution in [3.63, 3.8) is 0 Å². The quantitative estimate of drug-likeness (QED) is 0.684. The monoisotopic (exact) mass is 167 g/mol. The van der Waals surface area contributed by atoms with E-state index in [1.807, 2.05) is 0 Å². The summed E-state index contributed by atoms with van der Waals surface area (Å²) in [5.74, 6) is 1.55. The molecule has 0 saturated carbocycles. The summed E-state index contributed by atoms with van der Waals surface area (Å²) in [4.78, 5) is 4.13. The van der Waals surface area contributed by atoms with Gasteiger partial charge in [0.25, 0.3) is 0 Å². The van der Waals surface area contributed by atoms with Crippen molar-refractivity contribution >= 4 is 0 Å². The number of aromatic nitrogens is 3. The minimum Gasteiger partial charge on any atom is -0.263 e. The zero-order valence-electron chi connectivity index (χ0n) is 7.88. The standard InChI is InChI=1S/C9H17N3/c1-3-4-5-6-8(2)9-10-7-11-12-9/h7-8H,3-6H2,1-2H3,(H,10,11,12). The molecule has 0 fully saturated rings. The highest BCUT2D eigenvalue weighted by Crippen LogP contribution is 2.17. The van der Waals surface area contributed by atoms with Crippen LogP contribution in [0.15, 0.2) is 6.33 Å². The Morgan fingerprint density at radius 3 is 2.92 bits per heavy atom. The first kappa shape index (κ1) is 9.23. The minimum absolute atomic E-state index is 0.527. The molecule has 0 aliphatic carbocycles. The first-order chi connectivity index (χ1) is 5.84. The first-order valence-corrected chi connectivity index (χ1v) is 4.69. The summed E-state index contributed by atoms with van der Waals surface area (Å²) in [6.07, 6.45) is 6.68.